The molecule has 1 fully saturated rings. The Balaban J connectivity index is 1.52. The lowest BCUT2D eigenvalue weighted by molar-refractivity contribution is -0.133. The van der Waals surface area contributed by atoms with E-state index in [1.165, 1.54) is 0 Å². The van der Waals surface area contributed by atoms with Crippen LogP contribution in [0, 0.1) is 10.8 Å². The number of pyridine rings is 1. The highest BCUT2D eigenvalue weighted by Crippen LogP contribution is 2.45. The molecule has 1 aromatic heterocycles. The minimum atomic E-state index is -4.77. The molecule has 1 aliphatic rings. The zero-order chi connectivity index (χ0) is 46.7. The number of hydrogen-bond acceptors (Lipinski definition) is 10. The molecule has 4 aromatic rings. The summed E-state index contributed by atoms with van der Waals surface area (Å²) in [6.45, 7) is 11.1. The van der Waals surface area contributed by atoms with Crippen LogP contribution in [0.3, 0.4) is 0 Å². The number of hydrogen-bond donors (Lipinski definition) is 7. The molecule has 16 nitrogen and oxygen atoms in total. The van der Waals surface area contributed by atoms with Crippen LogP contribution in [-0.2, 0) is 38.2 Å². The zero-order valence-electron chi connectivity index (χ0n) is 37.3. The van der Waals surface area contributed by atoms with E-state index in [4.69, 9.17) is 9.26 Å². The fourth-order valence-electron chi connectivity index (χ4n) is 7.92. The second-order valence-corrected chi connectivity index (χ2v) is 19.5. The number of rotatable bonds is 20. The highest BCUT2D eigenvalue weighted by Gasteiger charge is 2.45. The van der Waals surface area contributed by atoms with Crippen LogP contribution >= 0.6 is 8.17 Å². The molecular weight excluding hydrogens is 840 g/mol. The Labute approximate surface area is 375 Å². The van der Waals surface area contributed by atoms with E-state index in [9.17, 15) is 39.0 Å². The first-order valence-corrected chi connectivity index (χ1v) is 22.8. The Morgan fingerprint density at radius 1 is 0.734 bits per heavy atom. The van der Waals surface area contributed by atoms with E-state index in [-0.39, 0.29) is 25.3 Å². The van der Waals surface area contributed by atoms with Gasteiger partial charge in [-0.05, 0) is 58.9 Å². The summed E-state index contributed by atoms with van der Waals surface area (Å²) in [6, 6.07) is 28.0. The number of carbonyl (C=O) groups excluding carboxylic acids is 3. The lowest BCUT2D eigenvalue weighted by Crippen LogP contribution is -2.59. The molecule has 1 saturated heterocycles. The first-order valence-electron chi connectivity index (χ1n) is 21.3. The van der Waals surface area contributed by atoms with Crippen molar-refractivity contribution in [3.63, 3.8) is 0 Å². The summed E-state index contributed by atoms with van der Waals surface area (Å²) in [5.41, 5.74) is 2.61. The van der Waals surface area contributed by atoms with Crippen molar-refractivity contribution in [3.8, 4) is 11.3 Å². The van der Waals surface area contributed by atoms with Gasteiger partial charge in [0.1, 0.15) is 12.1 Å². The van der Waals surface area contributed by atoms with Gasteiger partial charge >= 0.3 is 20.3 Å². The number of urea groups is 1. The van der Waals surface area contributed by atoms with Gasteiger partial charge in [0.15, 0.2) is 6.79 Å². The molecule has 344 valence electrons. The molecule has 0 unspecified atom stereocenters. The summed E-state index contributed by atoms with van der Waals surface area (Å²) in [4.78, 5) is 92.0. The van der Waals surface area contributed by atoms with Gasteiger partial charge in [-0.25, -0.2) is 9.59 Å². The quantitative estimate of drug-likeness (QED) is 0.0406. The number of aromatic nitrogens is 1. The van der Waals surface area contributed by atoms with Crippen LogP contribution in [0.15, 0.2) is 109 Å². The number of ether oxygens (including phenoxy) is 1. The van der Waals surface area contributed by atoms with E-state index in [2.05, 4.69) is 20.9 Å². The van der Waals surface area contributed by atoms with Crippen LogP contribution in [-0.4, -0.2) is 109 Å². The van der Waals surface area contributed by atoms with E-state index < -0.39 is 74.0 Å². The van der Waals surface area contributed by atoms with Crippen LogP contribution in [0.25, 0.3) is 11.3 Å². The third-order valence-electron chi connectivity index (χ3n) is 11.0. The van der Waals surface area contributed by atoms with Crippen molar-refractivity contribution in [2.24, 2.45) is 10.8 Å². The first kappa shape index (κ1) is 49.5. The molecular formula is C47H62N6O10P+. The highest BCUT2D eigenvalue weighted by molar-refractivity contribution is 7.53. The molecule has 1 aliphatic heterocycles. The lowest BCUT2D eigenvalue weighted by Gasteiger charge is -2.39. The minimum absolute atomic E-state index is 0.0276. The number of benzene rings is 3. The monoisotopic (exact) mass is 901 g/mol. The molecule has 17 heteroatoms. The molecule has 2 heterocycles. The van der Waals surface area contributed by atoms with Crippen molar-refractivity contribution in [3.05, 3.63) is 126 Å². The molecule has 0 bridgehead atoms. The average molecular weight is 902 g/mol. The van der Waals surface area contributed by atoms with Gasteiger partial charge < -0.3 is 35.6 Å². The average Bonchev–Trinajstić information content (AvgIpc) is 3.56. The van der Waals surface area contributed by atoms with Crippen molar-refractivity contribution < 1.29 is 48.2 Å². The Hall–Kier alpha value is -5.48. The van der Waals surface area contributed by atoms with Crippen LogP contribution in [0.4, 0.5) is 9.59 Å². The number of amides is 5. The Morgan fingerprint density at radius 3 is 1.91 bits per heavy atom. The largest absolute Gasteiger partial charge is 0.569 e. The minimum Gasteiger partial charge on any atom is -0.465 e. The van der Waals surface area contributed by atoms with Crippen molar-refractivity contribution in [2.75, 3.05) is 19.9 Å². The summed E-state index contributed by atoms with van der Waals surface area (Å²) in [7, 11) is -4.77. The van der Waals surface area contributed by atoms with Crippen molar-refractivity contribution in [2.45, 2.75) is 97.6 Å². The molecule has 5 atom stereocenters. The predicted octanol–water partition coefficient (Wildman–Crippen LogP) is 5.94. The smallest absolute Gasteiger partial charge is 0.465 e. The molecule has 0 radical (unpaired) electrons. The summed E-state index contributed by atoms with van der Waals surface area (Å²) in [6.07, 6.45) is -0.364. The van der Waals surface area contributed by atoms with E-state index in [1.807, 2.05) is 124 Å². The van der Waals surface area contributed by atoms with Crippen LogP contribution in [0.1, 0.15) is 64.7 Å². The Morgan fingerprint density at radius 2 is 1.34 bits per heavy atom. The zero-order valence-corrected chi connectivity index (χ0v) is 38.2. The number of nitrogens with one attached hydrogen (secondary N) is 3. The van der Waals surface area contributed by atoms with Crippen LogP contribution in [0.5, 0.6) is 0 Å². The fraction of sp³-hybridized carbons (Fsp3) is 0.426. The normalized spacial score (nSPS) is 15.8. The SMILES string of the molecule is CC(C)(C)[C@H](NC(=O)O)C(=O)N[C@@H](Cc1ccc(-c2ccccn2)cc1)C[C@H](OCO[P+](O)(O)O)[C@H](Cc1ccccc1)NC(=O)[C@@H](N1CCN(Cc2ccccc2)C1=O)C(C)(C)C. The molecule has 0 saturated carbocycles. The van der Waals surface area contributed by atoms with E-state index in [0.717, 1.165) is 27.9 Å². The van der Waals surface area contributed by atoms with Crippen molar-refractivity contribution in [1.82, 2.24) is 30.7 Å². The van der Waals surface area contributed by atoms with Gasteiger partial charge in [0, 0.05) is 37.4 Å². The standard InChI is InChI=1S/C47H61N6O10P/c1-46(2,3)40(51-44(56)57)42(54)49-36(27-33-20-22-35(23-21-33)37-19-13-14-24-48-37)29-39(62-31-63-64(59,60)61)38(28-32-15-9-7-10-16-32)50-43(55)41(47(4,5)6)53-26-25-52(45(53)58)30-34-17-11-8-12-18-34/h7-24,36,38-41,51,59-61H,25-31H2,1-6H3,(H2-,49,50,54,55,56,57)/p+1/t36-,38-,39-,40+,41+/m0/s1. The second kappa shape index (κ2) is 21.9. The summed E-state index contributed by atoms with van der Waals surface area (Å²) in [5, 5.41) is 18.3. The van der Waals surface area contributed by atoms with Gasteiger partial charge in [-0.1, -0.05) is 133 Å². The third kappa shape index (κ3) is 14.8. The lowest BCUT2D eigenvalue weighted by atomic mass is 9.84. The molecule has 0 spiro atoms. The molecule has 64 heavy (non-hydrogen) atoms. The predicted molar refractivity (Wildman–Crippen MR) is 243 cm³/mol. The van der Waals surface area contributed by atoms with Crippen molar-refractivity contribution in [1.29, 1.82) is 0 Å². The molecule has 3 aromatic carbocycles. The summed E-state index contributed by atoms with van der Waals surface area (Å²) >= 11 is 0. The maximum absolute atomic E-state index is 14.9. The Kier molecular flexibility index (Phi) is 17.0. The van der Waals surface area contributed by atoms with Gasteiger partial charge in [-0.3, -0.25) is 14.6 Å². The topological polar surface area (TPSA) is 223 Å². The molecule has 0 aliphatic carbocycles. The second-order valence-electron chi connectivity index (χ2n) is 18.2. The van der Waals surface area contributed by atoms with Crippen LogP contribution in [0.2, 0.25) is 0 Å². The van der Waals surface area contributed by atoms with Crippen LogP contribution < -0.4 is 16.0 Å². The molecule has 5 amide bonds. The van der Waals surface area contributed by atoms with Crippen molar-refractivity contribution >= 4 is 32.1 Å². The van der Waals surface area contributed by atoms with Gasteiger partial charge in [-0.2, -0.15) is 14.7 Å². The molecule has 7 N–H and O–H groups in total. The first-order chi connectivity index (χ1) is 30.2. The van der Waals surface area contributed by atoms with Gasteiger partial charge in [-0.15, -0.1) is 4.52 Å². The summed E-state index contributed by atoms with van der Waals surface area (Å²) < 4.78 is 11.1. The summed E-state index contributed by atoms with van der Waals surface area (Å²) in [5.74, 6) is -1.06. The number of nitrogens with zero attached hydrogens (tertiary/aromatic N) is 3. The molecule has 5 rings (SSSR count). The maximum Gasteiger partial charge on any atom is 0.569 e. The highest BCUT2D eigenvalue weighted by atomic mass is 31.2. The number of carboxylic acid groups (broad SMARTS) is 1. The number of carbonyl (C=O) groups is 4. The van der Waals surface area contributed by atoms with Gasteiger partial charge in [0.25, 0.3) is 0 Å². The van der Waals surface area contributed by atoms with E-state index in [1.54, 1.807) is 36.8 Å². The fourth-order valence-corrected chi connectivity index (χ4v) is 8.12. The third-order valence-corrected chi connectivity index (χ3v) is 11.4. The maximum atomic E-state index is 14.9. The van der Waals surface area contributed by atoms with Gasteiger partial charge in [0.05, 0.1) is 17.8 Å². The van der Waals surface area contributed by atoms with E-state index in [0.29, 0.717) is 19.6 Å². The van der Waals surface area contributed by atoms with Gasteiger partial charge in [0.2, 0.25) is 11.8 Å². The van der Waals surface area contributed by atoms with E-state index >= 15 is 0 Å². The Bertz CT molecular complexity index is 2130.